The highest BCUT2D eigenvalue weighted by Crippen LogP contribution is 2.14. The minimum absolute atomic E-state index is 0.0620. The van der Waals surface area contributed by atoms with Crippen molar-refractivity contribution in [1.82, 2.24) is 5.32 Å². The minimum Gasteiger partial charge on any atom is -0.301 e. The molecule has 0 bridgehead atoms. The number of carbonyl (C=O) groups excluding carboxylic acids is 2. The second-order valence-electron chi connectivity index (χ2n) is 3.89. The zero-order valence-corrected chi connectivity index (χ0v) is 8.84. The van der Waals surface area contributed by atoms with Crippen LogP contribution in [0.5, 0.6) is 0 Å². The zero-order valence-electron chi connectivity index (χ0n) is 8.84. The summed E-state index contributed by atoms with van der Waals surface area (Å²) in [6, 6.07) is -0.0620. The number of rotatable bonds is 4. The van der Waals surface area contributed by atoms with Crippen LogP contribution >= 0.6 is 0 Å². The smallest absolute Gasteiger partial charge is 0.149 e. The summed E-state index contributed by atoms with van der Waals surface area (Å²) in [5.41, 5.74) is 0. The topological polar surface area (TPSA) is 46.2 Å². The first-order valence-electron chi connectivity index (χ1n) is 5.52. The average Bonchev–Trinajstić information content (AvgIpc) is 2.39. The number of Topliss-reactive ketones (excluding diaryl/α,β-unsaturated/α-hetero) is 2. The van der Waals surface area contributed by atoms with Crippen molar-refractivity contribution in [2.75, 3.05) is 6.54 Å². The van der Waals surface area contributed by atoms with E-state index in [0.29, 0.717) is 19.4 Å². The lowest BCUT2D eigenvalue weighted by Crippen LogP contribution is -2.38. The fourth-order valence-corrected chi connectivity index (χ4v) is 1.74. The maximum atomic E-state index is 11.5. The Balaban J connectivity index is 2.33. The summed E-state index contributed by atoms with van der Waals surface area (Å²) < 4.78 is 0. The van der Waals surface area contributed by atoms with Crippen molar-refractivity contribution in [2.24, 2.45) is 0 Å². The molecule has 1 saturated carbocycles. The van der Waals surface area contributed by atoms with Crippen molar-refractivity contribution in [1.29, 1.82) is 0 Å². The van der Waals surface area contributed by atoms with Crippen molar-refractivity contribution < 1.29 is 9.59 Å². The molecule has 0 heterocycles. The molecule has 0 aliphatic heterocycles. The lowest BCUT2D eigenvalue weighted by Gasteiger charge is -2.13. The number of nitrogens with one attached hydrogen (secondary N) is 1. The summed E-state index contributed by atoms with van der Waals surface area (Å²) in [7, 11) is 0. The van der Waals surface area contributed by atoms with Crippen LogP contribution in [0.4, 0.5) is 0 Å². The number of ketones is 2. The fraction of sp³-hybridized carbons (Fsp3) is 0.818. The summed E-state index contributed by atoms with van der Waals surface area (Å²) in [5.74, 6) is 0.466. The van der Waals surface area contributed by atoms with Crippen LogP contribution in [-0.4, -0.2) is 24.2 Å². The second kappa shape index (κ2) is 5.91. The summed E-state index contributed by atoms with van der Waals surface area (Å²) >= 11 is 0. The molecule has 3 nitrogen and oxygen atoms in total. The van der Waals surface area contributed by atoms with Crippen LogP contribution in [0.15, 0.2) is 0 Å². The molecule has 0 radical (unpaired) electrons. The standard InChI is InChI=1S/C11H19NO2/c1-2-9(13)8-12-10-6-4-3-5-7-11(10)14/h10,12H,2-8H2,1H3. The Hall–Kier alpha value is -0.700. The second-order valence-corrected chi connectivity index (χ2v) is 3.89. The van der Waals surface area contributed by atoms with Gasteiger partial charge in [-0.1, -0.05) is 19.8 Å². The van der Waals surface area contributed by atoms with Gasteiger partial charge in [0.25, 0.3) is 0 Å². The summed E-state index contributed by atoms with van der Waals surface area (Å²) in [5, 5.41) is 3.06. The van der Waals surface area contributed by atoms with Crippen molar-refractivity contribution in [3.63, 3.8) is 0 Å². The molecule has 0 aromatic rings. The molecule has 1 rings (SSSR count). The van der Waals surface area contributed by atoms with E-state index < -0.39 is 0 Å². The van der Waals surface area contributed by atoms with Gasteiger partial charge in [-0.3, -0.25) is 9.59 Å². The molecule has 0 aromatic carbocycles. The lowest BCUT2D eigenvalue weighted by molar-refractivity contribution is -0.121. The third kappa shape index (κ3) is 3.58. The highest BCUT2D eigenvalue weighted by molar-refractivity contribution is 5.85. The maximum absolute atomic E-state index is 11.5. The van der Waals surface area contributed by atoms with Gasteiger partial charge in [-0.15, -0.1) is 0 Å². The maximum Gasteiger partial charge on any atom is 0.149 e. The van der Waals surface area contributed by atoms with Gasteiger partial charge in [-0.2, -0.15) is 0 Å². The van der Waals surface area contributed by atoms with E-state index in [2.05, 4.69) is 5.32 Å². The first-order chi connectivity index (χ1) is 6.74. The molecular formula is C11H19NO2. The zero-order chi connectivity index (χ0) is 10.4. The third-order valence-electron chi connectivity index (χ3n) is 2.74. The van der Waals surface area contributed by atoms with Crippen molar-refractivity contribution in [3.05, 3.63) is 0 Å². The Morgan fingerprint density at radius 2 is 2.21 bits per heavy atom. The van der Waals surface area contributed by atoms with Crippen LogP contribution < -0.4 is 5.32 Å². The Kier molecular flexibility index (Phi) is 4.80. The summed E-state index contributed by atoms with van der Waals surface area (Å²) in [6.07, 6.45) is 5.38. The molecule has 1 aliphatic carbocycles. The molecule has 0 aromatic heterocycles. The van der Waals surface area contributed by atoms with Gasteiger partial charge in [0.1, 0.15) is 11.6 Å². The Morgan fingerprint density at radius 1 is 1.43 bits per heavy atom. The van der Waals surface area contributed by atoms with Gasteiger partial charge in [-0.05, 0) is 12.8 Å². The molecular weight excluding hydrogens is 178 g/mol. The van der Waals surface area contributed by atoms with Crippen LogP contribution in [0.25, 0.3) is 0 Å². The molecule has 1 N–H and O–H groups in total. The SMILES string of the molecule is CCC(=O)CNC1CCCCCC1=O. The molecule has 14 heavy (non-hydrogen) atoms. The normalized spacial score (nSPS) is 23.2. The van der Waals surface area contributed by atoms with Crippen LogP contribution in [0, 0.1) is 0 Å². The fourth-order valence-electron chi connectivity index (χ4n) is 1.74. The van der Waals surface area contributed by atoms with Crippen molar-refractivity contribution in [3.8, 4) is 0 Å². The minimum atomic E-state index is -0.0620. The molecule has 80 valence electrons. The molecule has 1 aliphatic rings. The van der Waals surface area contributed by atoms with Crippen LogP contribution in [0.3, 0.4) is 0 Å². The van der Waals surface area contributed by atoms with Crippen molar-refractivity contribution >= 4 is 11.6 Å². The molecule has 3 heteroatoms. The average molecular weight is 197 g/mol. The van der Waals surface area contributed by atoms with Gasteiger partial charge in [0.2, 0.25) is 0 Å². The third-order valence-corrected chi connectivity index (χ3v) is 2.74. The van der Waals surface area contributed by atoms with E-state index >= 15 is 0 Å². The molecule has 0 amide bonds. The van der Waals surface area contributed by atoms with E-state index in [1.54, 1.807) is 0 Å². The van der Waals surface area contributed by atoms with E-state index in [-0.39, 0.29) is 17.6 Å². The Morgan fingerprint density at radius 3 is 2.93 bits per heavy atom. The first kappa shape index (κ1) is 11.4. The predicted octanol–water partition coefficient (Wildman–Crippen LogP) is 1.46. The van der Waals surface area contributed by atoms with Crippen LogP contribution in [0.2, 0.25) is 0 Å². The number of hydrogen-bond donors (Lipinski definition) is 1. The largest absolute Gasteiger partial charge is 0.301 e. The van der Waals surface area contributed by atoms with E-state index in [4.69, 9.17) is 0 Å². The van der Waals surface area contributed by atoms with Gasteiger partial charge in [0.15, 0.2) is 0 Å². The summed E-state index contributed by atoms with van der Waals surface area (Å²) in [6.45, 7) is 2.20. The lowest BCUT2D eigenvalue weighted by atomic mass is 10.1. The number of carbonyl (C=O) groups is 2. The Labute approximate surface area is 85.3 Å². The van der Waals surface area contributed by atoms with Crippen LogP contribution in [-0.2, 0) is 9.59 Å². The predicted molar refractivity (Wildman–Crippen MR) is 55.2 cm³/mol. The van der Waals surface area contributed by atoms with E-state index in [1.807, 2.05) is 6.92 Å². The highest BCUT2D eigenvalue weighted by Gasteiger charge is 2.20. The van der Waals surface area contributed by atoms with Gasteiger partial charge in [-0.25, -0.2) is 0 Å². The monoisotopic (exact) mass is 197 g/mol. The molecule has 1 fully saturated rings. The van der Waals surface area contributed by atoms with E-state index in [0.717, 1.165) is 25.7 Å². The quantitative estimate of drug-likeness (QED) is 0.694. The van der Waals surface area contributed by atoms with Gasteiger partial charge < -0.3 is 5.32 Å². The van der Waals surface area contributed by atoms with E-state index in [9.17, 15) is 9.59 Å². The molecule has 1 unspecified atom stereocenters. The van der Waals surface area contributed by atoms with Crippen LogP contribution in [0.1, 0.15) is 45.4 Å². The number of hydrogen-bond acceptors (Lipinski definition) is 3. The first-order valence-corrected chi connectivity index (χ1v) is 5.52. The Bertz CT molecular complexity index is 213. The molecule has 0 saturated heterocycles. The van der Waals surface area contributed by atoms with Crippen molar-refractivity contribution in [2.45, 2.75) is 51.5 Å². The van der Waals surface area contributed by atoms with Gasteiger partial charge >= 0.3 is 0 Å². The summed E-state index contributed by atoms with van der Waals surface area (Å²) in [4.78, 5) is 22.6. The molecule has 1 atom stereocenters. The highest BCUT2D eigenvalue weighted by atomic mass is 16.1. The van der Waals surface area contributed by atoms with Gasteiger partial charge in [0.05, 0.1) is 12.6 Å². The molecule has 0 spiro atoms. The van der Waals surface area contributed by atoms with Gasteiger partial charge in [0, 0.05) is 12.8 Å². The van der Waals surface area contributed by atoms with E-state index in [1.165, 1.54) is 0 Å².